The van der Waals surface area contributed by atoms with Gasteiger partial charge in [0.15, 0.2) is 0 Å². The second-order valence-corrected chi connectivity index (χ2v) is 7.32. The molecule has 0 saturated heterocycles. The highest BCUT2D eigenvalue weighted by molar-refractivity contribution is 5.96. The average Bonchev–Trinajstić information content (AvgIpc) is 3.37. The largest absolute Gasteiger partial charge is 0.345 e. The standard InChI is InChI=1S/C23H24N6O/c1-16(20-9-11-21(12-10-20)29-15-24-14-25-29)26-23(30)22-17(2)27-28(18(22)3)13-19-7-5-4-6-8-19/h4-12,14-16H,13H2,1-3H3,(H,26,30). The summed E-state index contributed by atoms with van der Waals surface area (Å²) in [5, 5.41) is 11.8. The molecule has 2 aromatic carbocycles. The number of hydrogen-bond donors (Lipinski definition) is 1. The van der Waals surface area contributed by atoms with E-state index in [1.165, 1.54) is 6.33 Å². The number of amides is 1. The Hall–Kier alpha value is -3.74. The van der Waals surface area contributed by atoms with E-state index in [1.807, 2.05) is 67.9 Å². The van der Waals surface area contributed by atoms with Gasteiger partial charge in [-0.2, -0.15) is 10.2 Å². The Kier molecular flexibility index (Phi) is 5.43. The summed E-state index contributed by atoms with van der Waals surface area (Å²) >= 11 is 0. The molecule has 1 amide bonds. The van der Waals surface area contributed by atoms with Crippen molar-refractivity contribution in [2.24, 2.45) is 0 Å². The van der Waals surface area contributed by atoms with Gasteiger partial charge in [0.2, 0.25) is 0 Å². The molecular formula is C23H24N6O. The highest BCUT2D eigenvalue weighted by atomic mass is 16.1. The average molecular weight is 400 g/mol. The van der Waals surface area contributed by atoms with Gasteiger partial charge < -0.3 is 5.32 Å². The molecule has 0 radical (unpaired) electrons. The van der Waals surface area contributed by atoms with Crippen molar-refractivity contribution < 1.29 is 4.79 Å². The first kappa shape index (κ1) is 19.6. The van der Waals surface area contributed by atoms with Crippen LogP contribution in [0.5, 0.6) is 0 Å². The first-order valence-corrected chi connectivity index (χ1v) is 9.86. The molecule has 152 valence electrons. The summed E-state index contributed by atoms with van der Waals surface area (Å²) in [4.78, 5) is 17.0. The predicted molar refractivity (Wildman–Crippen MR) is 114 cm³/mol. The van der Waals surface area contributed by atoms with Crippen LogP contribution < -0.4 is 5.32 Å². The monoisotopic (exact) mass is 400 g/mol. The summed E-state index contributed by atoms with van der Waals surface area (Å²) in [6, 6.07) is 17.9. The zero-order chi connectivity index (χ0) is 21.1. The van der Waals surface area contributed by atoms with Gasteiger partial charge >= 0.3 is 0 Å². The normalized spacial score (nSPS) is 12.0. The lowest BCUT2D eigenvalue weighted by atomic mass is 10.1. The van der Waals surface area contributed by atoms with E-state index in [0.29, 0.717) is 12.1 Å². The van der Waals surface area contributed by atoms with Crippen LogP contribution >= 0.6 is 0 Å². The van der Waals surface area contributed by atoms with E-state index in [2.05, 4.69) is 32.6 Å². The fourth-order valence-corrected chi connectivity index (χ4v) is 3.55. The summed E-state index contributed by atoms with van der Waals surface area (Å²) < 4.78 is 3.58. The summed E-state index contributed by atoms with van der Waals surface area (Å²) in [5.41, 5.74) is 5.31. The number of hydrogen-bond acceptors (Lipinski definition) is 4. The molecule has 1 unspecified atom stereocenters. The zero-order valence-corrected chi connectivity index (χ0v) is 17.3. The molecule has 4 aromatic rings. The van der Waals surface area contributed by atoms with Crippen molar-refractivity contribution in [2.75, 3.05) is 0 Å². The molecule has 0 bridgehead atoms. The van der Waals surface area contributed by atoms with Crippen molar-refractivity contribution in [3.05, 3.63) is 95.3 Å². The Labute approximate surface area is 175 Å². The minimum Gasteiger partial charge on any atom is -0.345 e. The summed E-state index contributed by atoms with van der Waals surface area (Å²) in [5.74, 6) is -0.114. The molecule has 0 aliphatic rings. The predicted octanol–water partition coefficient (Wildman–Crippen LogP) is 3.62. The lowest BCUT2D eigenvalue weighted by Gasteiger charge is -2.15. The van der Waals surface area contributed by atoms with Gasteiger partial charge in [0.05, 0.1) is 29.5 Å². The van der Waals surface area contributed by atoms with Crippen molar-refractivity contribution in [2.45, 2.75) is 33.4 Å². The van der Waals surface area contributed by atoms with Gasteiger partial charge in [-0.1, -0.05) is 42.5 Å². The number of aryl methyl sites for hydroxylation is 1. The van der Waals surface area contributed by atoms with Crippen molar-refractivity contribution in [1.82, 2.24) is 29.9 Å². The highest BCUT2D eigenvalue weighted by Crippen LogP contribution is 2.19. The molecule has 1 atom stereocenters. The van der Waals surface area contributed by atoms with Crippen LogP contribution in [0.4, 0.5) is 0 Å². The molecule has 2 heterocycles. The van der Waals surface area contributed by atoms with Gasteiger partial charge in [0.25, 0.3) is 5.91 Å². The van der Waals surface area contributed by atoms with Gasteiger partial charge in [0, 0.05) is 5.69 Å². The zero-order valence-electron chi connectivity index (χ0n) is 17.3. The van der Waals surface area contributed by atoms with E-state index >= 15 is 0 Å². The second kappa shape index (κ2) is 8.32. The molecule has 0 aliphatic carbocycles. The van der Waals surface area contributed by atoms with Crippen LogP contribution in [0.25, 0.3) is 5.69 Å². The van der Waals surface area contributed by atoms with E-state index in [4.69, 9.17) is 0 Å². The van der Waals surface area contributed by atoms with Gasteiger partial charge in [0.1, 0.15) is 12.7 Å². The number of aromatic nitrogens is 5. The number of carbonyl (C=O) groups is 1. The van der Waals surface area contributed by atoms with Gasteiger partial charge in [-0.15, -0.1) is 0 Å². The fourth-order valence-electron chi connectivity index (χ4n) is 3.55. The van der Waals surface area contributed by atoms with E-state index in [0.717, 1.165) is 28.2 Å². The molecule has 0 spiro atoms. The molecule has 1 N–H and O–H groups in total. The Morgan fingerprint density at radius 3 is 2.47 bits per heavy atom. The molecule has 7 heteroatoms. The third kappa shape index (κ3) is 4.00. The van der Waals surface area contributed by atoms with E-state index in [1.54, 1.807) is 11.0 Å². The molecule has 30 heavy (non-hydrogen) atoms. The number of rotatable bonds is 6. The SMILES string of the molecule is Cc1nn(Cc2ccccc2)c(C)c1C(=O)NC(C)c1ccc(-n2cncn2)cc1. The maximum atomic E-state index is 13.0. The summed E-state index contributed by atoms with van der Waals surface area (Å²) in [6.07, 6.45) is 3.15. The maximum absolute atomic E-state index is 13.0. The first-order valence-electron chi connectivity index (χ1n) is 9.86. The number of benzene rings is 2. The minimum absolute atomic E-state index is 0.114. The van der Waals surface area contributed by atoms with Crippen molar-refractivity contribution >= 4 is 5.91 Å². The molecule has 0 saturated carbocycles. The smallest absolute Gasteiger partial charge is 0.255 e. The topological polar surface area (TPSA) is 77.6 Å². The molecule has 7 nitrogen and oxygen atoms in total. The molecule has 2 aromatic heterocycles. The van der Waals surface area contributed by atoms with Crippen molar-refractivity contribution in [3.63, 3.8) is 0 Å². The Morgan fingerprint density at radius 1 is 1.07 bits per heavy atom. The van der Waals surface area contributed by atoms with Crippen molar-refractivity contribution in [1.29, 1.82) is 0 Å². The second-order valence-electron chi connectivity index (χ2n) is 7.32. The Morgan fingerprint density at radius 2 is 1.80 bits per heavy atom. The van der Waals surface area contributed by atoms with Crippen LogP contribution in [-0.2, 0) is 6.54 Å². The number of nitrogens with zero attached hydrogens (tertiary/aromatic N) is 5. The maximum Gasteiger partial charge on any atom is 0.255 e. The lowest BCUT2D eigenvalue weighted by Crippen LogP contribution is -2.27. The van der Waals surface area contributed by atoms with Crippen LogP contribution in [0.2, 0.25) is 0 Å². The molecule has 4 rings (SSSR count). The van der Waals surface area contributed by atoms with E-state index in [-0.39, 0.29) is 11.9 Å². The van der Waals surface area contributed by atoms with E-state index in [9.17, 15) is 4.79 Å². The van der Waals surface area contributed by atoms with Gasteiger partial charge in [-0.25, -0.2) is 9.67 Å². The van der Waals surface area contributed by atoms with Crippen LogP contribution in [0.1, 0.15) is 45.8 Å². The fraction of sp³-hybridized carbons (Fsp3) is 0.217. The quantitative estimate of drug-likeness (QED) is 0.536. The van der Waals surface area contributed by atoms with Crippen LogP contribution in [0, 0.1) is 13.8 Å². The third-order valence-electron chi connectivity index (χ3n) is 5.21. The van der Waals surface area contributed by atoms with Crippen molar-refractivity contribution in [3.8, 4) is 5.69 Å². The molecular weight excluding hydrogens is 376 g/mol. The van der Waals surface area contributed by atoms with Crippen LogP contribution in [-0.4, -0.2) is 30.5 Å². The Bertz CT molecular complexity index is 1130. The van der Waals surface area contributed by atoms with Crippen LogP contribution in [0.15, 0.2) is 67.3 Å². The third-order valence-corrected chi connectivity index (χ3v) is 5.21. The molecule has 0 fully saturated rings. The summed E-state index contributed by atoms with van der Waals surface area (Å²) in [6.45, 7) is 6.43. The van der Waals surface area contributed by atoms with Gasteiger partial charge in [-0.3, -0.25) is 9.48 Å². The van der Waals surface area contributed by atoms with Crippen LogP contribution in [0.3, 0.4) is 0 Å². The minimum atomic E-state index is -0.140. The highest BCUT2D eigenvalue weighted by Gasteiger charge is 2.20. The van der Waals surface area contributed by atoms with E-state index < -0.39 is 0 Å². The first-order chi connectivity index (χ1) is 14.5. The molecule has 0 aliphatic heterocycles. The van der Waals surface area contributed by atoms with Gasteiger partial charge in [-0.05, 0) is 44.0 Å². The summed E-state index contributed by atoms with van der Waals surface area (Å²) in [7, 11) is 0. The Balaban J connectivity index is 1.48. The number of nitrogens with one attached hydrogen (secondary N) is 1. The lowest BCUT2D eigenvalue weighted by molar-refractivity contribution is 0.0938. The number of carbonyl (C=O) groups excluding carboxylic acids is 1.